The van der Waals surface area contributed by atoms with Crippen LogP contribution in [-0.2, 0) is 0 Å². The second-order valence-corrected chi connectivity index (χ2v) is 5.89. The zero-order chi connectivity index (χ0) is 14.8. The minimum atomic E-state index is 0.466. The minimum absolute atomic E-state index is 0.466. The number of thiocarbonyl (C=S) groups is 1. The van der Waals surface area contributed by atoms with Gasteiger partial charge in [-0.1, -0.05) is 29.0 Å². The van der Waals surface area contributed by atoms with Gasteiger partial charge in [-0.15, -0.1) is 5.10 Å². The van der Waals surface area contributed by atoms with Crippen LogP contribution < -0.4 is 5.73 Å². The summed E-state index contributed by atoms with van der Waals surface area (Å²) in [6.07, 6.45) is 3.57. The zero-order valence-corrected chi connectivity index (χ0v) is 13.1. The van der Waals surface area contributed by atoms with Crippen molar-refractivity contribution in [3.05, 3.63) is 35.0 Å². The lowest BCUT2D eigenvalue weighted by Crippen LogP contribution is -2.35. The van der Waals surface area contributed by atoms with Gasteiger partial charge in [0.2, 0.25) is 0 Å². The van der Waals surface area contributed by atoms with Gasteiger partial charge in [0.15, 0.2) is 11.5 Å². The van der Waals surface area contributed by atoms with Gasteiger partial charge in [0.05, 0.1) is 5.69 Å². The van der Waals surface area contributed by atoms with E-state index in [4.69, 9.17) is 29.6 Å². The van der Waals surface area contributed by atoms with Crippen LogP contribution in [0.25, 0.3) is 5.69 Å². The standard InChI is InChI=1S/C14H16ClN5S/c15-10-4-6-11(7-5-10)20-13(16)12(17-18-20)14(21)19-8-2-1-3-9-19/h4-7H,1-3,8-9,16H2. The van der Waals surface area contributed by atoms with Gasteiger partial charge >= 0.3 is 0 Å². The predicted molar refractivity (Wildman–Crippen MR) is 87.9 cm³/mol. The molecule has 7 heteroatoms. The van der Waals surface area contributed by atoms with Crippen LogP contribution in [0.3, 0.4) is 0 Å². The van der Waals surface area contributed by atoms with Gasteiger partial charge in [0.1, 0.15) is 4.99 Å². The van der Waals surface area contributed by atoms with Crippen LogP contribution in [0.1, 0.15) is 25.0 Å². The smallest absolute Gasteiger partial charge is 0.164 e. The summed E-state index contributed by atoms with van der Waals surface area (Å²) in [7, 11) is 0. The number of hydrogen-bond donors (Lipinski definition) is 1. The van der Waals surface area contributed by atoms with Crippen LogP contribution in [0.2, 0.25) is 5.02 Å². The number of nitrogens with zero attached hydrogens (tertiary/aromatic N) is 4. The number of likely N-dealkylation sites (tertiary alicyclic amines) is 1. The highest BCUT2D eigenvalue weighted by Gasteiger charge is 2.21. The lowest BCUT2D eigenvalue weighted by molar-refractivity contribution is 0.347. The molecule has 110 valence electrons. The quantitative estimate of drug-likeness (QED) is 0.862. The summed E-state index contributed by atoms with van der Waals surface area (Å²) in [4.78, 5) is 2.85. The van der Waals surface area contributed by atoms with Crippen LogP contribution in [0.4, 0.5) is 5.82 Å². The van der Waals surface area contributed by atoms with E-state index in [1.807, 2.05) is 12.1 Å². The maximum atomic E-state index is 6.17. The van der Waals surface area contributed by atoms with Crippen LogP contribution in [0.15, 0.2) is 24.3 Å². The molecule has 2 aromatic rings. The number of halogens is 1. The van der Waals surface area contributed by atoms with Crippen LogP contribution >= 0.6 is 23.8 Å². The molecule has 21 heavy (non-hydrogen) atoms. The lowest BCUT2D eigenvalue weighted by atomic mass is 10.1. The number of nitrogens with two attached hydrogens (primary N) is 1. The van der Waals surface area contributed by atoms with Gasteiger partial charge < -0.3 is 10.6 Å². The van der Waals surface area contributed by atoms with Gasteiger partial charge in [-0.3, -0.25) is 0 Å². The Morgan fingerprint density at radius 3 is 2.48 bits per heavy atom. The number of benzene rings is 1. The Hall–Kier alpha value is -1.66. The van der Waals surface area contributed by atoms with E-state index in [1.54, 1.807) is 16.8 Å². The zero-order valence-electron chi connectivity index (χ0n) is 11.5. The lowest BCUT2D eigenvalue weighted by Gasteiger charge is -2.28. The first-order valence-electron chi connectivity index (χ1n) is 6.93. The van der Waals surface area contributed by atoms with Crippen molar-refractivity contribution >= 4 is 34.6 Å². The van der Waals surface area contributed by atoms with E-state index in [0.29, 0.717) is 21.5 Å². The fourth-order valence-electron chi connectivity index (χ4n) is 2.46. The van der Waals surface area contributed by atoms with E-state index >= 15 is 0 Å². The molecular formula is C14H16ClN5S. The SMILES string of the molecule is Nc1c(C(=S)N2CCCCC2)nnn1-c1ccc(Cl)cc1. The molecule has 2 heterocycles. The Labute approximate surface area is 133 Å². The minimum Gasteiger partial charge on any atom is -0.382 e. The molecule has 1 aromatic heterocycles. The molecule has 1 aliphatic heterocycles. The normalized spacial score (nSPS) is 15.2. The fraction of sp³-hybridized carbons (Fsp3) is 0.357. The Morgan fingerprint density at radius 1 is 1.14 bits per heavy atom. The second kappa shape index (κ2) is 5.99. The Bertz CT molecular complexity index is 646. The molecular weight excluding hydrogens is 306 g/mol. The third-order valence-corrected chi connectivity index (χ3v) is 4.33. The maximum absolute atomic E-state index is 6.17. The summed E-state index contributed by atoms with van der Waals surface area (Å²) in [6, 6.07) is 7.28. The van der Waals surface area contributed by atoms with Crippen molar-refractivity contribution in [2.75, 3.05) is 18.8 Å². The average Bonchev–Trinajstić information content (AvgIpc) is 2.90. The molecule has 1 saturated heterocycles. The number of piperidine rings is 1. The highest BCUT2D eigenvalue weighted by atomic mass is 35.5. The van der Waals surface area contributed by atoms with E-state index in [2.05, 4.69) is 15.2 Å². The van der Waals surface area contributed by atoms with Crippen LogP contribution in [-0.4, -0.2) is 38.0 Å². The van der Waals surface area contributed by atoms with Crippen molar-refractivity contribution in [1.29, 1.82) is 0 Å². The molecule has 0 spiro atoms. The molecule has 3 rings (SSSR count). The molecule has 0 aliphatic carbocycles. The van der Waals surface area contributed by atoms with E-state index < -0.39 is 0 Å². The first-order valence-corrected chi connectivity index (χ1v) is 7.72. The molecule has 1 aromatic carbocycles. The van der Waals surface area contributed by atoms with E-state index in [-0.39, 0.29) is 0 Å². The van der Waals surface area contributed by atoms with Gasteiger partial charge in [-0.25, -0.2) is 0 Å². The third kappa shape index (κ3) is 2.87. The first-order chi connectivity index (χ1) is 10.2. The van der Waals surface area contributed by atoms with Crippen LogP contribution in [0.5, 0.6) is 0 Å². The third-order valence-electron chi connectivity index (χ3n) is 3.62. The molecule has 1 fully saturated rings. The van der Waals surface area contributed by atoms with Crippen molar-refractivity contribution < 1.29 is 0 Å². The second-order valence-electron chi connectivity index (χ2n) is 5.06. The highest BCUT2D eigenvalue weighted by Crippen LogP contribution is 2.20. The topological polar surface area (TPSA) is 60.0 Å². The summed E-state index contributed by atoms with van der Waals surface area (Å²) in [5, 5.41) is 8.95. The number of rotatable bonds is 2. The number of anilines is 1. The van der Waals surface area contributed by atoms with Gasteiger partial charge in [-0.2, -0.15) is 4.68 Å². The van der Waals surface area contributed by atoms with Gasteiger partial charge in [-0.05, 0) is 43.5 Å². The molecule has 2 N–H and O–H groups in total. The average molecular weight is 322 g/mol. The summed E-state index contributed by atoms with van der Waals surface area (Å²) < 4.78 is 1.59. The van der Waals surface area contributed by atoms with Gasteiger partial charge in [0, 0.05) is 18.1 Å². The van der Waals surface area contributed by atoms with Crippen molar-refractivity contribution in [3.8, 4) is 5.69 Å². The number of hydrogen-bond acceptors (Lipinski definition) is 4. The number of nitrogen functional groups attached to an aromatic ring is 1. The Balaban J connectivity index is 1.88. The molecule has 1 aliphatic rings. The predicted octanol–water partition coefficient (Wildman–Crippen LogP) is 2.66. The Morgan fingerprint density at radius 2 is 1.81 bits per heavy atom. The van der Waals surface area contributed by atoms with Crippen molar-refractivity contribution in [2.45, 2.75) is 19.3 Å². The molecule has 0 saturated carbocycles. The summed E-state index contributed by atoms with van der Waals surface area (Å²) >= 11 is 11.4. The molecule has 0 atom stereocenters. The molecule has 0 radical (unpaired) electrons. The molecule has 0 bridgehead atoms. The first kappa shape index (κ1) is 14.3. The molecule has 0 amide bonds. The summed E-state index contributed by atoms with van der Waals surface area (Å²) in [5.74, 6) is 0.466. The van der Waals surface area contributed by atoms with E-state index in [9.17, 15) is 0 Å². The monoisotopic (exact) mass is 321 g/mol. The maximum Gasteiger partial charge on any atom is 0.164 e. The van der Waals surface area contributed by atoms with Crippen molar-refractivity contribution in [2.24, 2.45) is 0 Å². The van der Waals surface area contributed by atoms with E-state index in [0.717, 1.165) is 31.6 Å². The van der Waals surface area contributed by atoms with Crippen LogP contribution in [0, 0.1) is 0 Å². The highest BCUT2D eigenvalue weighted by molar-refractivity contribution is 7.80. The van der Waals surface area contributed by atoms with Gasteiger partial charge in [0.25, 0.3) is 0 Å². The summed E-state index contributed by atoms with van der Waals surface area (Å²) in [6.45, 7) is 1.93. The molecule has 0 unspecified atom stereocenters. The van der Waals surface area contributed by atoms with Crippen molar-refractivity contribution in [3.63, 3.8) is 0 Å². The fourth-order valence-corrected chi connectivity index (χ4v) is 2.92. The van der Waals surface area contributed by atoms with Crippen molar-refractivity contribution in [1.82, 2.24) is 19.9 Å². The molecule has 5 nitrogen and oxygen atoms in total. The largest absolute Gasteiger partial charge is 0.382 e. The number of aromatic nitrogens is 3. The summed E-state index contributed by atoms with van der Waals surface area (Å²) in [5.41, 5.74) is 7.57. The van der Waals surface area contributed by atoms with E-state index in [1.165, 1.54) is 6.42 Å². The Kier molecular flexibility index (Phi) is 4.07.